The first kappa shape index (κ1) is 11.3. The van der Waals surface area contributed by atoms with Crippen LogP contribution in [0.5, 0.6) is 0 Å². The Morgan fingerprint density at radius 2 is 1.89 bits per heavy atom. The van der Waals surface area contributed by atoms with Crippen molar-refractivity contribution in [3.05, 3.63) is 24.3 Å². The fourth-order valence-corrected chi connectivity index (χ4v) is 2.56. The predicted octanol–water partition coefficient (Wildman–Crippen LogP) is 3.03. The monoisotopic (exact) mass is 242 g/mol. The number of nitrogens with zero attached hydrogens (tertiary/aromatic N) is 2. The third-order valence-corrected chi connectivity index (χ3v) is 3.52. The average molecular weight is 242 g/mol. The van der Waals surface area contributed by atoms with E-state index in [1.807, 2.05) is 25.2 Å². The zero-order valence-electron chi connectivity index (χ0n) is 10.6. The fourth-order valence-electron chi connectivity index (χ4n) is 2.56. The third kappa shape index (κ3) is 2.10. The van der Waals surface area contributed by atoms with E-state index in [0.717, 1.165) is 16.7 Å². The molecular formula is C14H18N4. The van der Waals surface area contributed by atoms with Gasteiger partial charge in [0.1, 0.15) is 5.82 Å². The Bertz CT molecular complexity index is 546. The summed E-state index contributed by atoms with van der Waals surface area (Å²) < 4.78 is 0. The third-order valence-electron chi connectivity index (χ3n) is 3.52. The summed E-state index contributed by atoms with van der Waals surface area (Å²) in [5, 5.41) is 7.69. The minimum atomic E-state index is 0.563. The van der Waals surface area contributed by atoms with Crippen molar-refractivity contribution in [2.24, 2.45) is 0 Å². The Hall–Kier alpha value is -1.84. The van der Waals surface area contributed by atoms with Crippen molar-refractivity contribution in [2.45, 2.75) is 31.7 Å². The predicted molar refractivity (Wildman–Crippen MR) is 75.0 cm³/mol. The Morgan fingerprint density at radius 1 is 1.11 bits per heavy atom. The molecule has 1 aromatic carbocycles. The number of rotatable bonds is 3. The molecule has 0 atom stereocenters. The van der Waals surface area contributed by atoms with Crippen molar-refractivity contribution >= 4 is 22.7 Å². The highest BCUT2D eigenvalue weighted by molar-refractivity contribution is 5.90. The molecular weight excluding hydrogens is 224 g/mol. The SMILES string of the molecule is CNc1nc(NC2CCCC2)c2ccccc2n1. The Labute approximate surface area is 107 Å². The molecule has 0 radical (unpaired) electrons. The van der Waals surface area contributed by atoms with E-state index in [-0.39, 0.29) is 0 Å². The highest BCUT2D eigenvalue weighted by atomic mass is 15.1. The van der Waals surface area contributed by atoms with E-state index >= 15 is 0 Å². The van der Waals surface area contributed by atoms with Crippen molar-refractivity contribution < 1.29 is 0 Å². The van der Waals surface area contributed by atoms with Crippen molar-refractivity contribution in [3.8, 4) is 0 Å². The molecule has 1 fully saturated rings. The lowest BCUT2D eigenvalue weighted by molar-refractivity contribution is 0.752. The summed E-state index contributed by atoms with van der Waals surface area (Å²) >= 11 is 0. The maximum absolute atomic E-state index is 4.55. The number of benzene rings is 1. The second-order valence-corrected chi connectivity index (χ2v) is 4.79. The van der Waals surface area contributed by atoms with Gasteiger partial charge in [-0.25, -0.2) is 4.98 Å². The molecule has 1 aliphatic carbocycles. The summed E-state index contributed by atoms with van der Waals surface area (Å²) in [5.74, 6) is 1.63. The maximum Gasteiger partial charge on any atom is 0.224 e. The molecule has 4 nitrogen and oxygen atoms in total. The second kappa shape index (κ2) is 4.80. The fraction of sp³-hybridized carbons (Fsp3) is 0.429. The smallest absolute Gasteiger partial charge is 0.224 e. The summed E-state index contributed by atoms with van der Waals surface area (Å²) in [6, 6.07) is 8.70. The summed E-state index contributed by atoms with van der Waals surface area (Å²) in [7, 11) is 1.85. The molecule has 0 unspecified atom stereocenters. The van der Waals surface area contributed by atoms with Gasteiger partial charge in [-0.1, -0.05) is 25.0 Å². The highest BCUT2D eigenvalue weighted by Gasteiger charge is 2.16. The number of para-hydroxylation sites is 1. The van der Waals surface area contributed by atoms with Crippen molar-refractivity contribution in [1.29, 1.82) is 0 Å². The minimum absolute atomic E-state index is 0.563. The van der Waals surface area contributed by atoms with E-state index in [4.69, 9.17) is 0 Å². The van der Waals surface area contributed by atoms with Gasteiger partial charge in [0.05, 0.1) is 5.52 Å². The first-order valence-electron chi connectivity index (χ1n) is 6.58. The molecule has 0 spiro atoms. The van der Waals surface area contributed by atoms with Crippen LogP contribution >= 0.6 is 0 Å². The van der Waals surface area contributed by atoms with Gasteiger partial charge in [-0.15, -0.1) is 0 Å². The molecule has 2 N–H and O–H groups in total. The van der Waals surface area contributed by atoms with E-state index in [1.165, 1.54) is 25.7 Å². The summed E-state index contributed by atoms with van der Waals surface area (Å²) in [5.41, 5.74) is 0.984. The number of anilines is 2. The molecule has 0 amide bonds. The van der Waals surface area contributed by atoms with Gasteiger partial charge in [0, 0.05) is 18.5 Å². The lowest BCUT2D eigenvalue weighted by atomic mass is 10.2. The second-order valence-electron chi connectivity index (χ2n) is 4.79. The first-order valence-corrected chi connectivity index (χ1v) is 6.58. The summed E-state index contributed by atoms with van der Waals surface area (Å²) in [6.07, 6.45) is 5.12. The van der Waals surface area contributed by atoms with Crippen LogP contribution in [0.15, 0.2) is 24.3 Å². The zero-order valence-corrected chi connectivity index (χ0v) is 10.6. The molecule has 94 valence electrons. The summed E-state index contributed by atoms with van der Waals surface area (Å²) in [4.78, 5) is 9.02. The molecule has 0 aliphatic heterocycles. The number of fused-ring (bicyclic) bond motifs is 1. The molecule has 1 heterocycles. The quantitative estimate of drug-likeness (QED) is 0.868. The first-order chi connectivity index (χ1) is 8.86. The summed E-state index contributed by atoms with van der Waals surface area (Å²) in [6.45, 7) is 0. The molecule has 0 bridgehead atoms. The van der Waals surface area contributed by atoms with Crippen LogP contribution in [0.4, 0.5) is 11.8 Å². The highest BCUT2D eigenvalue weighted by Crippen LogP contribution is 2.26. The van der Waals surface area contributed by atoms with Gasteiger partial charge in [0.25, 0.3) is 0 Å². The molecule has 3 rings (SSSR count). The van der Waals surface area contributed by atoms with E-state index in [2.05, 4.69) is 26.7 Å². The number of nitrogens with one attached hydrogen (secondary N) is 2. The van der Waals surface area contributed by atoms with Gasteiger partial charge in [-0.3, -0.25) is 0 Å². The topological polar surface area (TPSA) is 49.8 Å². The minimum Gasteiger partial charge on any atom is -0.367 e. The van der Waals surface area contributed by atoms with Gasteiger partial charge in [0.15, 0.2) is 0 Å². The van der Waals surface area contributed by atoms with Gasteiger partial charge in [-0.05, 0) is 25.0 Å². The molecule has 1 aliphatic rings. The normalized spacial score (nSPS) is 16.1. The maximum atomic E-state index is 4.55. The number of aromatic nitrogens is 2. The van der Waals surface area contributed by atoms with Crippen LogP contribution in [-0.2, 0) is 0 Å². The zero-order chi connectivity index (χ0) is 12.4. The van der Waals surface area contributed by atoms with E-state index in [1.54, 1.807) is 0 Å². The Balaban J connectivity index is 2.01. The van der Waals surface area contributed by atoms with Crippen molar-refractivity contribution in [2.75, 3.05) is 17.7 Å². The van der Waals surface area contributed by atoms with Crippen LogP contribution in [0, 0.1) is 0 Å². The van der Waals surface area contributed by atoms with Crippen LogP contribution in [0.3, 0.4) is 0 Å². The molecule has 2 aromatic rings. The van der Waals surface area contributed by atoms with Gasteiger partial charge in [0.2, 0.25) is 5.95 Å². The lowest BCUT2D eigenvalue weighted by Crippen LogP contribution is -2.16. The average Bonchev–Trinajstić information content (AvgIpc) is 2.91. The van der Waals surface area contributed by atoms with Crippen LogP contribution in [0.2, 0.25) is 0 Å². The molecule has 1 aromatic heterocycles. The van der Waals surface area contributed by atoms with E-state index < -0.39 is 0 Å². The van der Waals surface area contributed by atoms with Crippen molar-refractivity contribution in [1.82, 2.24) is 9.97 Å². The largest absolute Gasteiger partial charge is 0.367 e. The van der Waals surface area contributed by atoms with Crippen LogP contribution in [0.25, 0.3) is 10.9 Å². The number of hydrogen-bond donors (Lipinski definition) is 2. The van der Waals surface area contributed by atoms with Gasteiger partial charge >= 0.3 is 0 Å². The Morgan fingerprint density at radius 3 is 2.67 bits per heavy atom. The van der Waals surface area contributed by atoms with Gasteiger partial charge < -0.3 is 10.6 Å². The number of hydrogen-bond acceptors (Lipinski definition) is 4. The van der Waals surface area contributed by atoms with Crippen LogP contribution in [0.1, 0.15) is 25.7 Å². The van der Waals surface area contributed by atoms with E-state index in [9.17, 15) is 0 Å². The standard InChI is InChI=1S/C14H18N4/c1-15-14-17-12-9-5-4-8-11(12)13(18-14)16-10-6-2-3-7-10/h4-5,8-10H,2-3,6-7H2,1H3,(H2,15,16,17,18). The molecule has 18 heavy (non-hydrogen) atoms. The molecule has 0 saturated heterocycles. The molecule has 4 heteroatoms. The van der Waals surface area contributed by atoms with Crippen LogP contribution < -0.4 is 10.6 Å². The van der Waals surface area contributed by atoms with E-state index in [0.29, 0.717) is 12.0 Å². The molecule has 1 saturated carbocycles. The van der Waals surface area contributed by atoms with Crippen LogP contribution in [-0.4, -0.2) is 23.1 Å². The Kier molecular flexibility index (Phi) is 3.00. The van der Waals surface area contributed by atoms with Gasteiger partial charge in [-0.2, -0.15) is 4.98 Å². The van der Waals surface area contributed by atoms with Crippen molar-refractivity contribution in [3.63, 3.8) is 0 Å². The lowest BCUT2D eigenvalue weighted by Gasteiger charge is -2.15.